The second-order valence-corrected chi connectivity index (χ2v) is 7.39. The summed E-state index contributed by atoms with van der Waals surface area (Å²) in [7, 11) is 0. The van der Waals surface area contributed by atoms with Crippen LogP contribution in [0, 0.1) is 0 Å². The molecule has 2 rings (SSSR count). The molecule has 0 unspecified atom stereocenters. The minimum atomic E-state index is -0.473. The van der Waals surface area contributed by atoms with E-state index < -0.39 is 5.54 Å². The maximum absolute atomic E-state index is 13.0. The van der Waals surface area contributed by atoms with Gasteiger partial charge in [0, 0.05) is 17.6 Å². The Morgan fingerprint density at radius 2 is 1.67 bits per heavy atom. The Balaban J connectivity index is 2.56. The Kier molecular flexibility index (Phi) is 3.64. The van der Waals surface area contributed by atoms with Crippen LogP contribution in [0.3, 0.4) is 0 Å². The SMILES string of the molecule is CC(C)(C)N1CC=CC2=C(C1=O)N(C(C)(C)C)C(=O)CO2. The second kappa shape index (κ2) is 4.90. The minimum absolute atomic E-state index is 0.0246. The first kappa shape index (κ1) is 15.6. The lowest BCUT2D eigenvalue weighted by molar-refractivity contribution is -0.146. The van der Waals surface area contributed by atoms with Crippen molar-refractivity contribution in [2.24, 2.45) is 0 Å². The summed E-state index contributed by atoms with van der Waals surface area (Å²) < 4.78 is 5.49. The summed E-state index contributed by atoms with van der Waals surface area (Å²) in [5.41, 5.74) is -0.449. The molecule has 2 amide bonds. The van der Waals surface area contributed by atoms with E-state index in [-0.39, 0.29) is 24.0 Å². The van der Waals surface area contributed by atoms with Gasteiger partial charge in [0.25, 0.3) is 11.8 Å². The van der Waals surface area contributed by atoms with Gasteiger partial charge in [0.15, 0.2) is 12.3 Å². The molecule has 0 fully saturated rings. The molecule has 2 heterocycles. The smallest absolute Gasteiger partial charge is 0.275 e. The lowest BCUT2D eigenvalue weighted by Crippen LogP contribution is -2.55. The van der Waals surface area contributed by atoms with Crippen molar-refractivity contribution in [3.05, 3.63) is 23.6 Å². The number of amides is 2. The van der Waals surface area contributed by atoms with Crippen LogP contribution in [0.25, 0.3) is 0 Å². The topological polar surface area (TPSA) is 49.9 Å². The largest absolute Gasteiger partial charge is 0.481 e. The highest BCUT2D eigenvalue weighted by molar-refractivity contribution is 6.00. The third-order valence-electron chi connectivity index (χ3n) is 3.54. The molecule has 2 aliphatic heterocycles. The van der Waals surface area contributed by atoms with Crippen LogP contribution in [0.4, 0.5) is 0 Å². The second-order valence-electron chi connectivity index (χ2n) is 7.39. The summed E-state index contributed by atoms with van der Waals surface area (Å²) in [5.74, 6) is 0.144. The number of nitrogens with zero attached hydrogens (tertiary/aromatic N) is 2. The molecule has 0 bridgehead atoms. The molecule has 21 heavy (non-hydrogen) atoms. The normalized spacial score (nSPS) is 20.5. The molecule has 0 radical (unpaired) electrons. The summed E-state index contributed by atoms with van der Waals surface area (Å²) in [6.45, 7) is 12.2. The molecule has 0 aromatic carbocycles. The average molecular weight is 292 g/mol. The highest BCUT2D eigenvalue weighted by Crippen LogP contribution is 2.32. The molecule has 0 aliphatic carbocycles. The number of ether oxygens (including phenoxy) is 1. The highest BCUT2D eigenvalue weighted by Gasteiger charge is 2.42. The maximum atomic E-state index is 13.0. The quantitative estimate of drug-likeness (QED) is 0.686. The number of hydrogen-bond acceptors (Lipinski definition) is 3. The van der Waals surface area contributed by atoms with Crippen molar-refractivity contribution in [2.75, 3.05) is 13.2 Å². The summed E-state index contributed by atoms with van der Waals surface area (Å²) in [5, 5.41) is 0. The van der Waals surface area contributed by atoms with E-state index in [4.69, 9.17) is 4.74 Å². The molecule has 0 aromatic heterocycles. The van der Waals surface area contributed by atoms with Crippen molar-refractivity contribution in [1.82, 2.24) is 9.80 Å². The van der Waals surface area contributed by atoms with Crippen LogP contribution < -0.4 is 0 Å². The molecule has 5 heteroatoms. The van der Waals surface area contributed by atoms with E-state index in [1.54, 1.807) is 15.9 Å². The van der Waals surface area contributed by atoms with Crippen LogP contribution in [0.1, 0.15) is 41.5 Å². The number of carbonyl (C=O) groups is 2. The maximum Gasteiger partial charge on any atom is 0.275 e. The van der Waals surface area contributed by atoms with Gasteiger partial charge in [-0.15, -0.1) is 0 Å². The van der Waals surface area contributed by atoms with Crippen LogP contribution >= 0.6 is 0 Å². The molecular formula is C16H24N2O3. The van der Waals surface area contributed by atoms with E-state index in [9.17, 15) is 9.59 Å². The summed E-state index contributed by atoms with van der Waals surface area (Å²) in [4.78, 5) is 28.6. The zero-order chi connectivity index (χ0) is 16.0. The third kappa shape index (κ3) is 2.82. The van der Waals surface area contributed by atoms with E-state index >= 15 is 0 Å². The van der Waals surface area contributed by atoms with Gasteiger partial charge in [-0.3, -0.25) is 14.5 Å². The van der Waals surface area contributed by atoms with E-state index in [2.05, 4.69) is 0 Å². The average Bonchev–Trinajstić information content (AvgIpc) is 2.47. The van der Waals surface area contributed by atoms with Gasteiger partial charge < -0.3 is 9.64 Å². The Bertz CT molecular complexity index is 533. The first-order chi connectivity index (χ1) is 9.53. The standard InChI is InChI=1S/C16H24N2O3/c1-15(2,3)17-9-7-8-11-13(14(17)20)18(16(4,5)6)12(19)10-21-11/h7-8H,9-10H2,1-6H3. The van der Waals surface area contributed by atoms with Gasteiger partial charge in [-0.1, -0.05) is 6.08 Å². The summed E-state index contributed by atoms with van der Waals surface area (Å²) in [6, 6.07) is 0. The first-order valence-electron chi connectivity index (χ1n) is 7.22. The molecule has 0 atom stereocenters. The van der Waals surface area contributed by atoms with E-state index in [1.165, 1.54) is 0 Å². The van der Waals surface area contributed by atoms with Gasteiger partial charge in [-0.2, -0.15) is 0 Å². The minimum Gasteiger partial charge on any atom is -0.481 e. The summed E-state index contributed by atoms with van der Waals surface area (Å²) >= 11 is 0. The van der Waals surface area contributed by atoms with Crippen molar-refractivity contribution in [2.45, 2.75) is 52.6 Å². The van der Waals surface area contributed by atoms with Crippen LogP contribution in [-0.2, 0) is 14.3 Å². The van der Waals surface area contributed by atoms with Crippen molar-refractivity contribution >= 4 is 11.8 Å². The molecule has 0 aromatic rings. The molecule has 0 saturated carbocycles. The van der Waals surface area contributed by atoms with Crippen molar-refractivity contribution in [1.29, 1.82) is 0 Å². The van der Waals surface area contributed by atoms with Crippen LogP contribution in [0.15, 0.2) is 23.6 Å². The molecular weight excluding hydrogens is 268 g/mol. The zero-order valence-corrected chi connectivity index (χ0v) is 13.7. The fourth-order valence-corrected chi connectivity index (χ4v) is 2.60. The first-order valence-corrected chi connectivity index (χ1v) is 7.22. The Morgan fingerprint density at radius 3 is 2.19 bits per heavy atom. The Labute approximate surface area is 126 Å². The van der Waals surface area contributed by atoms with E-state index in [0.717, 1.165) is 0 Å². The number of carbonyl (C=O) groups excluding carboxylic acids is 2. The van der Waals surface area contributed by atoms with Crippen LogP contribution in [0.5, 0.6) is 0 Å². The Morgan fingerprint density at radius 1 is 1.05 bits per heavy atom. The fourth-order valence-electron chi connectivity index (χ4n) is 2.60. The van der Waals surface area contributed by atoms with E-state index in [0.29, 0.717) is 18.0 Å². The molecule has 116 valence electrons. The van der Waals surface area contributed by atoms with Gasteiger partial charge in [-0.25, -0.2) is 0 Å². The molecule has 2 aliphatic rings. The number of allylic oxidation sites excluding steroid dienone is 1. The molecule has 0 spiro atoms. The van der Waals surface area contributed by atoms with E-state index in [1.807, 2.05) is 47.6 Å². The van der Waals surface area contributed by atoms with Crippen molar-refractivity contribution in [3.8, 4) is 0 Å². The van der Waals surface area contributed by atoms with Gasteiger partial charge in [0.1, 0.15) is 5.76 Å². The highest BCUT2D eigenvalue weighted by atomic mass is 16.5. The molecule has 0 N–H and O–H groups in total. The van der Waals surface area contributed by atoms with Crippen LogP contribution in [0.2, 0.25) is 0 Å². The summed E-state index contributed by atoms with van der Waals surface area (Å²) in [6.07, 6.45) is 3.70. The zero-order valence-electron chi connectivity index (χ0n) is 13.7. The number of hydrogen-bond donors (Lipinski definition) is 0. The van der Waals surface area contributed by atoms with Gasteiger partial charge in [0.2, 0.25) is 0 Å². The lowest BCUT2D eigenvalue weighted by atomic mass is 10.0. The number of rotatable bonds is 0. The van der Waals surface area contributed by atoms with Crippen molar-refractivity contribution in [3.63, 3.8) is 0 Å². The monoisotopic (exact) mass is 292 g/mol. The Hall–Kier alpha value is -1.78. The predicted molar refractivity (Wildman–Crippen MR) is 80.2 cm³/mol. The van der Waals surface area contributed by atoms with Gasteiger partial charge in [-0.05, 0) is 47.6 Å². The molecule has 5 nitrogen and oxygen atoms in total. The third-order valence-corrected chi connectivity index (χ3v) is 3.54. The fraction of sp³-hybridized carbons (Fsp3) is 0.625. The van der Waals surface area contributed by atoms with Crippen LogP contribution in [-0.4, -0.2) is 45.8 Å². The van der Waals surface area contributed by atoms with Gasteiger partial charge in [0.05, 0.1) is 0 Å². The van der Waals surface area contributed by atoms with Crippen molar-refractivity contribution < 1.29 is 14.3 Å². The lowest BCUT2D eigenvalue weighted by Gasteiger charge is -2.42. The van der Waals surface area contributed by atoms with Gasteiger partial charge >= 0.3 is 0 Å². The molecule has 0 saturated heterocycles. The predicted octanol–water partition coefficient (Wildman–Crippen LogP) is 2.05.